The van der Waals surface area contributed by atoms with Gasteiger partial charge in [-0.15, -0.1) is 12.4 Å². The van der Waals surface area contributed by atoms with E-state index in [1.807, 2.05) is 0 Å². The van der Waals surface area contributed by atoms with Crippen LogP contribution in [0.2, 0.25) is 0 Å². The lowest BCUT2D eigenvalue weighted by atomic mass is 10.1. The number of hydrogen-bond acceptors (Lipinski definition) is 5. The molecule has 1 aliphatic rings. The van der Waals surface area contributed by atoms with Crippen molar-refractivity contribution in [3.8, 4) is 0 Å². The third-order valence-electron chi connectivity index (χ3n) is 4.50. The number of carbonyl (C=O) groups is 1. The quantitative estimate of drug-likeness (QED) is 0.705. The van der Waals surface area contributed by atoms with Crippen molar-refractivity contribution in [3.05, 3.63) is 53.2 Å². The Hall–Kier alpha value is -2.32. The molecular weight excluding hydrogens is 395 g/mol. The van der Waals surface area contributed by atoms with Gasteiger partial charge in [0.05, 0.1) is 5.56 Å². The van der Waals surface area contributed by atoms with E-state index in [-0.39, 0.29) is 47.7 Å². The number of anilines is 2. The molecule has 2 heterocycles. The minimum atomic E-state index is -4.46. The zero-order valence-corrected chi connectivity index (χ0v) is 16.0. The van der Waals surface area contributed by atoms with E-state index in [1.54, 1.807) is 6.07 Å². The SMILES string of the molecule is Cc1c(Nc2ncccc2C(=O)OCC2CCCN2)cccc1C(F)(F)F.Cl. The fourth-order valence-corrected chi connectivity index (χ4v) is 3.03. The van der Waals surface area contributed by atoms with Gasteiger partial charge in [0.25, 0.3) is 0 Å². The topological polar surface area (TPSA) is 63.2 Å². The van der Waals surface area contributed by atoms with Gasteiger partial charge in [-0.3, -0.25) is 0 Å². The Labute approximate surface area is 167 Å². The molecule has 1 atom stereocenters. The fraction of sp³-hybridized carbons (Fsp3) is 0.368. The van der Waals surface area contributed by atoms with Crippen LogP contribution < -0.4 is 10.6 Å². The molecule has 0 saturated carbocycles. The van der Waals surface area contributed by atoms with E-state index in [0.717, 1.165) is 25.5 Å². The molecule has 0 spiro atoms. The van der Waals surface area contributed by atoms with Crippen molar-refractivity contribution in [2.24, 2.45) is 0 Å². The average molecular weight is 416 g/mol. The molecule has 2 N–H and O–H groups in total. The summed E-state index contributed by atoms with van der Waals surface area (Å²) in [5.41, 5.74) is -0.299. The molecule has 5 nitrogen and oxygen atoms in total. The maximum Gasteiger partial charge on any atom is 0.416 e. The fourth-order valence-electron chi connectivity index (χ4n) is 3.03. The summed E-state index contributed by atoms with van der Waals surface area (Å²) < 4.78 is 44.6. The summed E-state index contributed by atoms with van der Waals surface area (Å²) in [6.07, 6.45) is -1.02. The predicted octanol–water partition coefficient (Wildman–Crippen LogP) is 4.48. The first kappa shape index (κ1) is 22.0. The summed E-state index contributed by atoms with van der Waals surface area (Å²) in [6.45, 7) is 2.52. The van der Waals surface area contributed by atoms with E-state index >= 15 is 0 Å². The number of aromatic nitrogens is 1. The van der Waals surface area contributed by atoms with Crippen molar-refractivity contribution in [1.82, 2.24) is 10.3 Å². The molecule has 0 radical (unpaired) electrons. The van der Waals surface area contributed by atoms with Gasteiger partial charge in [-0.05, 0) is 56.1 Å². The highest BCUT2D eigenvalue weighted by molar-refractivity contribution is 5.95. The number of hydrogen-bond donors (Lipinski definition) is 2. The second-order valence-corrected chi connectivity index (χ2v) is 6.39. The van der Waals surface area contributed by atoms with Gasteiger partial charge in [0.2, 0.25) is 0 Å². The first-order chi connectivity index (χ1) is 12.9. The van der Waals surface area contributed by atoms with Crippen molar-refractivity contribution in [1.29, 1.82) is 0 Å². The third kappa shape index (κ3) is 5.14. The lowest BCUT2D eigenvalue weighted by Gasteiger charge is -2.16. The predicted molar refractivity (Wildman–Crippen MR) is 102 cm³/mol. The maximum absolute atomic E-state index is 13.1. The molecule has 28 heavy (non-hydrogen) atoms. The zero-order chi connectivity index (χ0) is 19.4. The van der Waals surface area contributed by atoms with Gasteiger partial charge in [0, 0.05) is 17.9 Å². The van der Waals surface area contributed by atoms with Crippen LogP contribution in [0.4, 0.5) is 24.7 Å². The lowest BCUT2D eigenvalue weighted by Crippen LogP contribution is -2.28. The third-order valence-corrected chi connectivity index (χ3v) is 4.50. The average Bonchev–Trinajstić information content (AvgIpc) is 3.14. The highest BCUT2D eigenvalue weighted by Gasteiger charge is 2.33. The number of halogens is 4. The number of pyridine rings is 1. The van der Waals surface area contributed by atoms with Crippen LogP contribution in [0.25, 0.3) is 0 Å². The van der Waals surface area contributed by atoms with Crippen LogP contribution in [0, 0.1) is 6.92 Å². The molecule has 0 bridgehead atoms. The van der Waals surface area contributed by atoms with Crippen molar-refractivity contribution in [2.75, 3.05) is 18.5 Å². The van der Waals surface area contributed by atoms with Crippen LogP contribution in [-0.2, 0) is 10.9 Å². The monoisotopic (exact) mass is 415 g/mol. The smallest absolute Gasteiger partial charge is 0.416 e. The Kier molecular flexibility index (Phi) is 7.26. The van der Waals surface area contributed by atoms with Crippen LogP contribution >= 0.6 is 12.4 Å². The molecule has 9 heteroatoms. The van der Waals surface area contributed by atoms with Gasteiger partial charge in [-0.1, -0.05) is 6.07 Å². The van der Waals surface area contributed by atoms with E-state index in [1.165, 1.54) is 31.3 Å². The molecule has 1 aromatic carbocycles. The van der Waals surface area contributed by atoms with E-state index in [9.17, 15) is 18.0 Å². The Morgan fingerprint density at radius 1 is 1.32 bits per heavy atom. The van der Waals surface area contributed by atoms with Gasteiger partial charge in [-0.25, -0.2) is 9.78 Å². The highest BCUT2D eigenvalue weighted by atomic mass is 35.5. The first-order valence-electron chi connectivity index (χ1n) is 8.65. The summed E-state index contributed by atoms with van der Waals surface area (Å²) in [5.74, 6) is -0.409. The van der Waals surface area contributed by atoms with Crippen LogP contribution in [0.5, 0.6) is 0 Å². The normalized spacial score (nSPS) is 16.4. The largest absolute Gasteiger partial charge is 0.460 e. The zero-order valence-electron chi connectivity index (χ0n) is 15.2. The van der Waals surface area contributed by atoms with E-state index in [2.05, 4.69) is 15.6 Å². The second-order valence-electron chi connectivity index (χ2n) is 6.39. The lowest BCUT2D eigenvalue weighted by molar-refractivity contribution is -0.138. The summed E-state index contributed by atoms with van der Waals surface area (Å²) in [4.78, 5) is 16.5. The number of nitrogens with zero attached hydrogens (tertiary/aromatic N) is 1. The molecule has 2 aromatic rings. The van der Waals surface area contributed by atoms with Crippen molar-refractivity contribution >= 4 is 29.9 Å². The van der Waals surface area contributed by atoms with Crippen molar-refractivity contribution in [2.45, 2.75) is 32.0 Å². The molecule has 3 rings (SSSR count). The van der Waals surface area contributed by atoms with E-state index < -0.39 is 17.7 Å². The van der Waals surface area contributed by atoms with Gasteiger partial charge >= 0.3 is 12.1 Å². The molecule has 0 amide bonds. The van der Waals surface area contributed by atoms with E-state index in [0.29, 0.717) is 0 Å². The number of carbonyl (C=O) groups excluding carboxylic acids is 1. The summed E-state index contributed by atoms with van der Waals surface area (Å²) in [7, 11) is 0. The highest BCUT2D eigenvalue weighted by Crippen LogP contribution is 2.35. The van der Waals surface area contributed by atoms with Crippen LogP contribution in [0.1, 0.15) is 34.3 Å². The van der Waals surface area contributed by atoms with Crippen LogP contribution in [0.3, 0.4) is 0 Å². The molecule has 1 unspecified atom stereocenters. The number of nitrogens with one attached hydrogen (secondary N) is 2. The molecule has 1 aromatic heterocycles. The minimum absolute atomic E-state index is 0. The molecule has 152 valence electrons. The van der Waals surface area contributed by atoms with Gasteiger partial charge in [0.1, 0.15) is 18.0 Å². The molecule has 0 aliphatic carbocycles. The maximum atomic E-state index is 13.1. The minimum Gasteiger partial charge on any atom is -0.460 e. The Balaban J connectivity index is 0.00000280. The van der Waals surface area contributed by atoms with Crippen molar-refractivity contribution < 1.29 is 22.7 Å². The number of ether oxygens (including phenoxy) is 1. The standard InChI is InChI=1S/C19H20F3N3O2.ClH/c1-12-15(19(20,21)22)7-2-8-16(12)25-17-14(6-4-10-24-17)18(26)27-11-13-5-3-9-23-13;/h2,4,6-8,10,13,23H,3,5,9,11H2,1H3,(H,24,25);1H. The van der Waals surface area contributed by atoms with Gasteiger partial charge in [-0.2, -0.15) is 13.2 Å². The number of benzene rings is 1. The summed E-state index contributed by atoms with van der Waals surface area (Å²) >= 11 is 0. The number of rotatable bonds is 5. The number of alkyl halides is 3. The van der Waals surface area contributed by atoms with Crippen molar-refractivity contribution in [3.63, 3.8) is 0 Å². The molecule has 1 fully saturated rings. The van der Waals surface area contributed by atoms with E-state index in [4.69, 9.17) is 4.74 Å². The summed E-state index contributed by atoms with van der Waals surface area (Å²) in [6, 6.07) is 7.08. The number of esters is 1. The Morgan fingerprint density at radius 3 is 2.79 bits per heavy atom. The Bertz CT molecular complexity index is 824. The Morgan fingerprint density at radius 2 is 2.11 bits per heavy atom. The van der Waals surface area contributed by atoms with Gasteiger partial charge in [0.15, 0.2) is 0 Å². The summed E-state index contributed by atoms with van der Waals surface area (Å²) in [5, 5.41) is 6.07. The second kappa shape index (κ2) is 9.25. The van der Waals surface area contributed by atoms with Crippen LogP contribution in [0.15, 0.2) is 36.5 Å². The van der Waals surface area contributed by atoms with Gasteiger partial charge < -0.3 is 15.4 Å². The van der Waals surface area contributed by atoms with Crippen LogP contribution in [-0.4, -0.2) is 30.1 Å². The molecule has 1 saturated heterocycles. The first-order valence-corrected chi connectivity index (χ1v) is 8.65. The molecule has 1 aliphatic heterocycles. The molecular formula is C19H21ClF3N3O2.